The predicted octanol–water partition coefficient (Wildman–Crippen LogP) is 4.47. The third-order valence-electron chi connectivity index (χ3n) is 5.23. The van der Waals surface area contributed by atoms with E-state index in [1.807, 2.05) is 37.3 Å². The summed E-state index contributed by atoms with van der Waals surface area (Å²) >= 11 is 6.13. The van der Waals surface area contributed by atoms with E-state index in [0.717, 1.165) is 29.7 Å². The number of alkyl halides is 2. The van der Waals surface area contributed by atoms with Crippen LogP contribution in [0.1, 0.15) is 37.8 Å². The van der Waals surface area contributed by atoms with E-state index in [9.17, 15) is 19.0 Å². The van der Waals surface area contributed by atoms with Crippen LogP contribution >= 0.6 is 11.6 Å². The fourth-order valence-electron chi connectivity index (χ4n) is 3.52. The predicted molar refractivity (Wildman–Crippen MR) is 113 cm³/mol. The van der Waals surface area contributed by atoms with Crippen LogP contribution in [0, 0.1) is 5.92 Å². The maximum Gasteiger partial charge on any atom is 0.281 e. The minimum Gasteiger partial charge on any atom is -0.494 e. The summed E-state index contributed by atoms with van der Waals surface area (Å²) in [5.41, 5.74) is 0.165. The van der Waals surface area contributed by atoms with Crippen molar-refractivity contribution in [2.75, 3.05) is 13.2 Å². The van der Waals surface area contributed by atoms with Gasteiger partial charge >= 0.3 is 0 Å². The number of aliphatic hydroxyl groups excluding tert-OH is 2. The highest BCUT2D eigenvalue weighted by Crippen LogP contribution is 2.45. The lowest BCUT2D eigenvalue weighted by Gasteiger charge is -2.43. The van der Waals surface area contributed by atoms with Crippen molar-refractivity contribution in [1.29, 1.82) is 0 Å². The van der Waals surface area contributed by atoms with Gasteiger partial charge in [-0.25, -0.2) is 8.78 Å². The zero-order valence-corrected chi connectivity index (χ0v) is 17.9. The molecular formula is C23H29ClF2O4. The van der Waals surface area contributed by atoms with Crippen molar-refractivity contribution < 1.29 is 28.8 Å². The number of halogens is 3. The average Bonchev–Trinajstić information content (AvgIpc) is 2.68. The Labute approximate surface area is 181 Å². The van der Waals surface area contributed by atoms with Crippen molar-refractivity contribution in [1.82, 2.24) is 0 Å². The zero-order chi connectivity index (χ0) is 22.4. The van der Waals surface area contributed by atoms with E-state index in [-0.39, 0.29) is 12.8 Å². The molecule has 3 N–H and O–H groups in total. The molecule has 0 radical (unpaired) electrons. The molecule has 3 rings (SSSR count). The number of benzene rings is 2. The smallest absolute Gasteiger partial charge is 0.281 e. The summed E-state index contributed by atoms with van der Waals surface area (Å²) in [6.45, 7) is 2.94. The molecule has 3 atom stereocenters. The van der Waals surface area contributed by atoms with Crippen LogP contribution < -0.4 is 4.74 Å². The minimum atomic E-state index is -3.33. The van der Waals surface area contributed by atoms with Gasteiger partial charge in [0.25, 0.3) is 5.92 Å². The molecule has 2 aromatic carbocycles. The van der Waals surface area contributed by atoms with E-state index < -0.39 is 30.2 Å². The highest BCUT2D eigenvalue weighted by atomic mass is 35.5. The molecule has 0 amide bonds. The van der Waals surface area contributed by atoms with Crippen molar-refractivity contribution in [2.45, 2.75) is 50.7 Å². The Morgan fingerprint density at radius 1 is 1.13 bits per heavy atom. The van der Waals surface area contributed by atoms with Gasteiger partial charge in [-0.05, 0) is 56.0 Å². The molecule has 0 aromatic heterocycles. The van der Waals surface area contributed by atoms with E-state index in [2.05, 4.69) is 18.2 Å². The van der Waals surface area contributed by atoms with Crippen molar-refractivity contribution in [3.05, 3.63) is 64.7 Å². The lowest BCUT2D eigenvalue weighted by atomic mass is 9.74. The minimum absolute atomic E-state index is 0.167. The summed E-state index contributed by atoms with van der Waals surface area (Å²) < 4.78 is 32.0. The SMILES string of the molecule is CC1(O)C[C@@H](O)CC(CO)C1(F)F.CCOc1ccc(Cc2ccccc2Cl)cc1. The fourth-order valence-corrected chi connectivity index (χ4v) is 3.72. The van der Waals surface area contributed by atoms with Gasteiger partial charge in [0.2, 0.25) is 0 Å². The summed E-state index contributed by atoms with van der Waals surface area (Å²) in [7, 11) is 0. The van der Waals surface area contributed by atoms with Crippen LogP contribution in [0.4, 0.5) is 8.78 Å². The quantitative estimate of drug-likeness (QED) is 0.639. The molecule has 7 heteroatoms. The van der Waals surface area contributed by atoms with Crippen molar-refractivity contribution in [3.63, 3.8) is 0 Å². The van der Waals surface area contributed by atoms with E-state index in [1.54, 1.807) is 0 Å². The van der Waals surface area contributed by atoms with E-state index in [1.165, 1.54) is 5.56 Å². The topological polar surface area (TPSA) is 69.9 Å². The molecule has 2 unspecified atom stereocenters. The number of rotatable bonds is 5. The third kappa shape index (κ3) is 6.14. The molecule has 1 saturated carbocycles. The molecule has 2 aromatic rings. The molecule has 1 aliphatic carbocycles. The lowest BCUT2D eigenvalue weighted by molar-refractivity contribution is -0.246. The van der Waals surface area contributed by atoms with Crippen LogP contribution in [-0.2, 0) is 6.42 Å². The molecule has 30 heavy (non-hydrogen) atoms. The first-order valence-electron chi connectivity index (χ1n) is 9.95. The van der Waals surface area contributed by atoms with Crippen LogP contribution in [0.2, 0.25) is 5.02 Å². The number of ether oxygens (including phenoxy) is 1. The fraction of sp³-hybridized carbons (Fsp3) is 0.478. The summed E-state index contributed by atoms with van der Waals surface area (Å²) in [6.07, 6.45) is -0.630. The van der Waals surface area contributed by atoms with Crippen molar-refractivity contribution >= 4 is 11.6 Å². The molecule has 0 saturated heterocycles. The summed E-state index contributed by atoms with van der Waals surface area (Å²) in [4.78, 5) is 0. The van der Waals surface area contributed by atoms with Gasteiger partial charge < -0.3 is 20.1 Å². The van der Waals surface area contributed by atoms with Crippen LogP contribution in [-0.4, -0.2) is 46.2 Å². The Balaban J connectivity index is 0.000000222. The second-order valence-electron chi connectivity index (χ2n) is 7.72. The maximum absolute atomic E-state index is 13.3. The van der Waals surface area contributed by atoms with E-state index in [0.29, 0.717) is 6.61 Å². The number of hydrogen-bond acceptors (Lipinski definition) is 4. The van der Waals surface area contributed by atoms with Gasteiger partial charge in [0.1, 0.15) is 11.4 Å². The van der Waals surface area contributed by atoms with Crippen LogP contribution in [0.5, 0.6) is 5.75 Å². The monoisotopic (exact) mass is 442 g/mol. The summed E-state index contributed by atoms with van der Waals surface area (Å²) in [5.74, 6) is -3.78. The molecule has 1 aliphatic rings. The Bertz CT molecular complexity index is 796. The van der Waals surface area contributed by atoms with Crippen molar-refractivity contribution in [2.24, 2.45) is 5.92 Å². The molecular weight excluding hydrogens is 414 g/mol. The molecule has 0 aliphatic heterocycles. The third-order valence-corrected chi connectivity index (χ3v) is 5.60. The van der Waals surface area contributed by atoms with Gasteiger partial charge in [-0.3, -0.25) is 0 Å². The summed E-state index contributed by atoms with van der Waals surface area (Å²) in [5, 5.41) is 28.0. The van der Waals surface area contributed by atoms with Gasteiger partial charge in [-0.15, -0.1) is 0 Å². The molecule has 166 valence electrons. The highest BCUT2D eigenvalue weighted by molar-refractivity contribution is 6.31. The standard InChI is InChI=1S/C15H15ClO.C8H14F2O3/c1-2-17-14-9-7-12(8-10-14)11-13-5-3-4-6-15(13)16;1-7(13)3-6(12)2-5(4-11)8(7,9)10/h3-10H,2,11H2,1H3;5-6,11-13H,2-4H2,1H3/t;5?,6-,7?/m.0/s1. The lowest BCUT2D eigenvalue weighted by Crippen LogP contribution is -2.57. The highest BCUT2D eigenvalue weighted by Gasteiger charge is 2.58. The van der Waals surface area contributed by atoms with Gasteiger partial charge in [-0.2, -0.15) is 0 Å². The van der Waals surface area contributed by atoms with Crippen molar-refractivity contribution in [3.8, 4) is 5.75 Å². The van der Waals surface area contributed by atoms with Gasteiger partial charge in [0.15, 0.2) is 0 Å². The molecule has 0 spiro atoms. The summed E-state index contributed by atoms with van der Waals surface area (Å²) in [6, 6.07) is 16.1. The largest absolute Gasteiger partial charge is 0.494 e. The number of hydrogen-bond donors (Lipinski definition) is 3. The average molecular weight is 443 g/mol. The molecule has 4 nitrogen and oxygen atoms in total. The van der Waals surface area contributed by atoms with Gasteiger partial charge in [-0.1, -0.05) is 41.9 Å². The van der Waals surface area contributed by atoms with Gasteiger partial charge in [0, 0.05) is 11.4 Å². The number of aliphatic hydroxyl groups is 3. The first-order chi connectivity index (χ1) is 14.1. The Morgan fingerprint density at radius 2 is 1.77 bits per heavy atom. The van der Waals surface area contributed by atoms with Gasteiger partial charge in [0.05, 0.1) is 25.2 Å². The second-order valence-corrected chi connectivity index (χ2v) is 8.12. The Hall–Kier alpha value is -1.73. The first kappa shape index (κ1) is 24.5. The maximum atomic E-state index is 13.3. The van der Waals surface area contributed by atoms with E-state index >= 15 is 0 Å². The second kappa shape index (κ2) is 10.5. The Kier molecular flexibility index (Phi) is 8.62. The zero-order valence-electron chi connectivity index (χ0n) is 17.2. The van der Waals surface area contributed by atoms with Crippen LogP contribution in [0.3, 0.4) is 0 Å². The van der Waals surface area contributed by atoms with Crippen LogP contribution in [0.25, 0.3) is 0 Å². The molecule has 0 heterocycles. The van der Waals surface area contributed by atoms with E-state index in [4.69, 9.17) is 21.4 Å². The molecule has 1 fully saturated rings. The van der Waals surface area contributed by atoms with Crippen LogP contribution in [0.15, 0.2) is 48.5 Å². The first-order valence-corrected chi connectivity index (χ1v) is 10.3. The normalized spacial score (nSPS) is 25.2. The Morgan fingerprint density at radius 3 is 2.33 bits per heavy atom. The molecule has 0 bridgehead atoms.